The number of nitrogens with two attached hydrogens (primary N) is 1. The van der Waals surface area contributed by atoms with Crippen molar-refractivity contribution in [3.8, 4) is 0 Å². The average Bonchev–Trinajstić information content (AvgIpc) is 2.57. The summed E-state index contributed by atoms with van der Waals surface area (Å²) < 4.78 is 0. The number of benzene rings is 3. The molecule has 0 aliphatic rings. The van der Waals surface area contributed by atoms with Gasteiger partial charge >= 0.3 is 0 Å². The highest BCUT2D eigenvalue weighted by atomic mass is 15.3. The first-order valence-corrected chi connectivity index (χ1v) is 7.13. The summed E-state index contributed by atoms with van der Waals surface area (Å²) in [5.41, 5.74) is 10.7. The smallest absolute Gasteiger partial charge is 0.209 e. The Hall–Kier alpha value is -2.88. The largest absolute Gasteiger partial charge is 0.369 e. The maximum atomic E-state index is 5.61. The molecule has 0 spiro atoms. The molecule has 3 aromatic carbocycles. The number of aryl methyl sites for hydroxylation is 1. The number of aliphatic imine (C=N–C) groups is 1. The van der Waals surface area contributed by atoms with Crippen LogP contribution in [0.1, 0.15) is 11.1 Å². The van der Waals surface area contributed by atoms with E-state index in [9.17, 15) is 0 Å². The Morgan fingerprint density at radius 2 is 1.45 bits per heavy atom. The van der Waals surface area contributed by atoms with Crippen LogP contribution in [0, 0.1) is 6.92 Å². The topological polar surface area (TPSA) is 62.8 Å². The number of guanidine groups is 1. The minimum Gasteiger partial charge on any atom is -0.369 e. The van der Waals surface area contributed by atoms with E-state index >= 15 is 0 Å². The third kappa shape index (κ3) is 2.39. The summed E-state index contributed by atoms with van der Waals surface area (Å²) >= 11 is 0. The third-order valence-corrected chi connectivity index (χ3v) is 3.86. The van der Waals surface area contributed by atoms with Crippen LogP contribution in [0.2, 0.25) is 0 Å². The molecule has 0 radical (unpaired) electrons. The summed E-state index contributed by atoms with van der Waals surface area (Å²) in [4.78, 5) is 3.83. The quantitative estimate of drug-likeness (QED) is 0.329. The van der Waals surface area contributed by atoms with Gasteiger partial charge in [0, 0.05) is 12.6 Å². The van der Waals surface area contributed by atoms with Gasteiger partial charge in [-0.2, -0.15) is 5.10 Å². The second-order valence-corrected chi connectivity index (χ2v) is 5.11. The van der Waals surface area contributed by atoms with Crippen molar-refractivity contribution in [2.45, 2.75) is 6.92 Å². The van der Waals surface area contributed by atoms with Gasteiger partial charge in [-0.3, -0.25) is 4.99 Å². The highest BCUT2D eigenvalue weighted by Crippen LogP contribution is 2.31. The number of nitrogens with one attached hydrogen (secondary N) is 1. The maximum Gasteiger partial charge on any atom is 0.209 e. The molecule has 0 bridgehead atoms. The van der Waals surface area contributed by atoms with E-state index in [0.29, 0.717) is 0 Å². The van der Waals surface area contributed by atoms with Gasteiger partial charge < -0.3 is 5.73 Å². The summed E-state index contributed by atoms with van der Waals surface area (Å²) in [6.45, 7) is 2.16. The summed E-state index contributed by atoms with van der Waals surface area (Å²) in [5.74, 6) is 0.289. The fraction of sp³-hybridized carbons (Fsp3) is 0.111. The van der Waals surface area contributed by atoms with Gasteiger partial charge in [-0.15, -0.1) is 0 Å². The van der Waals surface area contributed by atoms with Crippen molar-refractivity contribution in [2.24, 2.45) is 15.8 Å². The van der Waals surface area contributed by atoms with E-state index in [2.05, 4.69) is 58.8 Å². The maximum absolute atomic E-state index is 5.61. The van der Waals surface area contributed by atoms with Gasteiger partial charge in [-0.1, -0.05) is 48.5 Å². The van der Waals surface area contributed by atoms with Crippen LogP contribution < -0.4 is 11.2 Å². The van der Waals surface area contributed by atoms with Gasteiger partial charge in [-0.05, 0) is 34.0 Å². The van der Waals surface area contributed by atoms with Gasteiger partial charge in [0.05, 0.1) is 6.21 Å². The first-order chi connectivity index (χ1) is 10.7. The molecule has 3 aromatic rings. The lowest BCUT2D eigenvalue weighted by atomic mass is 9.93. The number of hydrogen-bond donors (Lipinski definition) is 2. The van der Waals surface area contributed by atoms with Crippen molar-refractivity contribution in [3.63, 3.8) is 0 Å². The molecule has 0 aliphatic heterocycles. The van der Waals surface area contributed by atoms with Crippen LogP contribution >= 0.6 is 0 Å². The van der Waals surface area contributed by atoms with Crippen LogP contribution in [-0.2, 0) is 0 Å². The van der Waals surface area contributed by atoms with E-state index in [-0.39, 0.29) is 5.96 Å². The molecule has 4 nitrogen and oxygen atoms in total. The Morgan fingerprint density at radius 3 is 1.95 bits per heavy atom. The van der Waals surface area contributed by atoms with Crippen LogP contribution in [0.5, 0.6) is 0 Å². The molecule has 0 aromatic heterocycles. The molecular formula is C18H18N4. The van der Waals surface area contributed by atoms with E-state index in [1.165, 1.54) is 27.1 Å². The standard InChI is InChI=1S/C18H18N4/c1-12-13-7-3-5-9-15(13)17(11-21-22-18(19)20-2)16-10-6-4-8-14(12)16/h3-11H,1-2H3,(H3,19,20,22)/b21-11+. The van der Waals surface area contributed by atoms with Gasteiger partial charge in [0.25, 0.3) is 0 Å². The van der Waals surface area contributed by atoms with Gasteiger partial charge in [0.1, 0.15) is 0 Å². The molecular weight excluding hydrogens is 272 g/mol. The fourth-order valence-electron chi connectivity index (χ4n) is 2.73. The van der Waals surface area contributed by atoms with E-state index in [4.69, 9.17) is 5.73 Å². The van der Waals surface area contributed by atoms with Crippen molar-refractivity contribution in [3.05, 3.63) is 59.7 Å². The molecule has 0 amide bonds. The Kier molecular flexibility index (Phi) is 3.74. The van der Waals surface area contributed by atoms with Crippen molar-refractivity contribution in [1.82, 2.24) is 5.43 Å². The normalized spacial score (nSPS) is 12.4. The zero-order valence-electron chi connectivity index (χ0n) is 12.7. The second-order valence-electron chi connectivity index (χ2n) is 5.11. The lowest BCUT2D eigenvalue weighted by molar-refractivity contribution is 1.01. The highest BCUT2D eigenvalue weighted by molar-refractivity contribution is 6.15. The predicted molar refractivity (Wildman–Crippen MR) is 94.5 cm³/mol. The molecule has 0 heterocycles. The van der Waals surface area contributed by atoms with Gasteiger partial charge in [0.2, 0.25) is 5.96 Å². The summed E-state index contributed by atoms with van der Waals surface area (Å²) in [6.07, 6.45) is 1.81. The second kappa shape index (κ2) is 5.85. The minimum atomic E-state index is 0.289. The molecule has 22 heavy (non-hydrogen) atoms. The molecule has 110 valence electrons. The molecule has 0 atom stereocenters. The van der Waals surface area contributed by atoms with Crippen molar-refractivity contribution < 1.29 is 0 Å². The van der Waals surface area contributed by atoms with E-state index in [0.717, 1.165) is 5.56 Å². The van der Waals surface area contributed by atoms with Crippen LogP contribution in [0.15, 0.2) is 58.6 Å². The molecule has 0 saturated carbocycles. The number of hydrogen-bond acceptors (Lipinski definition) is 2. The number of hydrazone groups is 1. The lowest BCUT2D eigenvalue weighted by Crippen LogP contribution is -2.26. The summed E-state index contributed by atoms with van der Waals surface area (Å²) in [5, 5.41) is 9.04. The number of nitrogens with zero attached hydrogens (tertiary/aromatic N) is 2. The predicted octanol–water partition coefficient (Wildman–Crippen LogP) is 3.17. The van der Waals surface area contributed by atoms with Crippen molar-refractivity contribution >= 4 is 33.7 Å². The molecule has 3 N–H and O–H groups in total. The Labute approximate surface area is 129 Å². The lowest BCUT2D eigenvalue weighted by Gasteiger charge is -2.11. The van der Waals surface area contributed by atoms with E-state index in [1.54, 1.807) is 7.05 Å². The molecule has 0 fully saturated rings. The van der Waals surface area contributed by atoms with Gasteiger partial charge in [0.15, 0.2) is 0 Å². The van der Waals surface area contributed by atoms with E-state index < -0.39 is 0 Å². The summed E-state index contributed by atoms with van der Waals surface area (Å²) in [6, 6.07) is 16.7. The molecule has 0 unspecified atom stereocenters. The summed E-state index contributed by atoms with van der Waals surface area (Å²) in [7, 11) is 1.62. The number of rotatable bonds is 2. The van der Waals surface area contributed by atoms with Crippen LogP contribution in [0.3, 0.4) is 0 Å². The Bertz CT molecular complexity index is 837. The number of fused-ring (bicyclic) bond motifs is 2. The minimum absolute atomic E-state index is 0.289. The SMILES string of the molecule is CN=C(N)N/N=C/c1c2ccccc2c(C)c2ccccc12. The Balaban J connectivity index is 2.27. The van der Waals surface area contributed by atoms with Crippen LogP contribution in [-0.4, -0.2) is 19.2 Å². The molecule has 4 heteroatoms. The average molecular weight is 290 g/mol. The molecule has 0 aliphatic carbocycles. The Morgan fingerprint density at radius 1 is 0.955 bits per heavy atom. The highest BCUT2D eigenvalue weighted by Gasteiger charge is 2.09. The van der Waals surface area contributed by atoms with Crippen LogP contribution in [0.25, 0.3) is 21.5 Å². The zero-order valence-corrected chi connectivity index (χ0v) is 12.7. The van der Waals surface area contributed by atoms with E-state index in [1.807, 2.05) is 18.3 Å². The fourth-order valence-corrected chi connectivity index (χ4v) is 2.73. The zero-order chi connectivity index (χ0) is 15.5. The van der Waals surface area contributed by atoms with Crippen LogP contribution in [0.4, 0.5) is 0 Å². The van der Waals surface area contributed by atoms with Gasteiger partial charge in [-0.25, -0.2) is 5.43 Å². The monoisotopic (exact) mass is 290 g/mol. The van der Waals surface area contributed by atoms with Crippen molar-refractivity contribution in [2.75, 3.05) is 7.05 Å². The first kappa shape index (κ1) is 14.1. The molecule has 0 saturated heterocycles. The first-order valence-electron chi connectivity index (χ1n) is 7.13. The van der Waals surface area contributed by atoms with Crippen molar-refractivity contribution in [1.29, 1.82) is 0 Å². The third-order valence-electron chi connectivity index (χ3n) is 3.86. The molecule has 3 rings (SSSR count).